The van der Waals surface area contributed by atoms with Crippen LogP contribution >= 0.6 is 15.9 Å². The van der Waals surface area contributed by atoms with E-state index < -0.39 is 0 Å². The summed E-state index contributed by atoms with van der Waals surface area (Å²) < 4.78 is 31.5. The Morgan fingerprint density at radius 2 is 1.85 bits per heavy atom. The molecular weight excluding hydrogens is 224 g/mol. The molecule has 0 saturated heterocycles. The summed E-state index contributed by atoms with van der Waals surface area (Å²) in [4.78, 5) is 0. The fourth-order valence-electron chi connectivity index (χ4n) is 1.03. The Bertz CT molecular complexity index is 581. The van der Waals surface area contributed by atoms with Gasteiger partial charge in [-0.25, -0.2) is 0 Å². The summed E-state index contributed by atoms with van der Waals surface area (Å²) in [5, 5.41) is 0. The zero-order valence-corrected chi connectivity index (χ0v) is 8.35. The fraction of sp³-hybridized carbons (Fsp3) is 0. The number of benzene rings is 2. The first-order valence-corrected chi connectivity index (χ1v) is 4.63. The fourth-order valence-corrected chi connectivity index (χ4v) is 1.25. The minimum absolute atomic E-state index is 0.00924. The molecular formula is C12H9Br. The van der Waals surface area contributed by atoms with Gasteiger partial charge in [0.05, 0.1) is 5.48 Å². The topological polar surface area (TPSA) is 0 Å². The molecule has 13 heavy (non-hydrogen) atoms. The van der Waals surface area contributed by atoms with Crippen LogP contribution in [0, 0.1) is 0 Å². The normalized spacial score (nSPS) is 14.2. The van der Waals surface area contributed by atoms with Crippen molar-refractivity contribution < 1.29 is 5.48 Å². The highest BCUT2D eigenvalue weighted by atomic mass is 79.9. The highest BCUT2D eigenvalue weighted by Gasteiger charge is 1.94. The SMILES string of the molecule is [2H]c1cccc(-c2c([2H])cc(Br)c([2H])c2[2H])c1. The van der Waals surface area contributed by atoms with Crippen LogP contribution in [0.25, 0.3) is 11.1 Å². The Kier molecular flexibility index (Phi) is 1.43. The third-order valence-electron chi connectivity index (χ3n) is 1.65. The molecule has 0 amide bonds. The molecule has 0 fully saturated rings. The van der Waals surface area contributed by atoms with Crippen LogP contribution < -0.4 is 0 Å². The van der Waals surface area contributed by atoms with Gasteiger partial charge in [-0.3, -0.25) is 0 Å². The molecule has 0 spiro atoms. The first-order chi connectivity index (χ1) is 8.00. The average Bonchev–Trinajstić information content (AvgIpc) is 2.26. The molecule has 0 radical (unpaired) electrons. The van der Waals surface area contributed by atoms with Gasteiger partial charge in [-0.2, -0.15) is 0 Å². The Labute approximate surface area is 92.0 Å². The van der Waals surface area contributed by atoms with E-state index in [-0.39, 0.29) is 18.1 Å². The van der Waals surface area contributed by atoms with Gasteiger partial charge in [0.15, 0.2) is 0 Å². The van der Waals surface area contributed by atoms with Crippen molar-refractivity contribution in [1.29, 1.82) is 0 Å². The molecule has 0 saturated carbocycles. The zero-order chi connectivity index (χ0) is 12.6. The highest BCUT2D eigenvalue weighted by molar-refractivity contribution is 9.10. The van der Waals surface area contributed by atoms with Crippen molar-refractivity contribution in [2.45, 2.75) is 0 Å². The highest BCUT2D eigenvalue weighted by Crippen LogP contribution is 2.20. The van der Waals surface area contributed by atoms with E-state index in [2.05, 4.69) is 15.9 Å². The lowest BCUT2D eigenvalue weighted by molar-refractivity contribution is 1.59. The molecule has 0 aliphatic carbocycles. The Balaban J connectivity index is 2.72. The van der Waals surface area contributed by atoms with Crippen LogP contribution in [0.4, 0.5) is 0 Å². The molecule has 0 aliphatic rings. The van der Waals surface area contributed by atoms with E-state index in [0.717, 1.165) is 0 Å². The largest absolute Gasteiger partial charge is 0.0635 e. The molecule has 2 aromatic rings. The second kappa shape index (κ2) is 3.75. The minimum atomic E-state index is 0.00924. The van der Waals surface area contributed by atoms with Gasteiger partial charge in [0.2, 0.25) is 0 Å². The van der Waals surface area contributed by atoms with E-state index in [0.29, 0.717) is 21.6 Å². The van der Waals surface area contributed by atoms with Crippen molar-refractivity contribution in [2.24, 2.45) is 0 Å². The maximum Gasteiger partial charge on any atom is 0.0635 e. The molecule has 0 atom stereocenters. The standard InChI is InChI=1S/C12H9Br/c13-12-8-6-11(7-9-12)10-4-2-1-3-5-10/h1-9H/i2D,6D,7D,8D. The Morgan fingerprint density at radius 1 is 0.923 bits per heavy atom. The van der Waals surface area contributed by atoms with Gasteiger partial charge in [0.1, 0.15) is 0 Å². The van der Waals surface area contributed by atoms with Crippen LogP contribution in [-0.4, -0.2) is 0 Å². The number of hydrogen-bond acceptors (Lipinski definition) is 0. The third kappa shape index (κ3) is 1.99. The molecule has 0 aromatic heterocycles. The molecule has 64 valence electrons. The van der Waals surface area contributed by atoms with Gasteiger partial charge < -0.3 is 0 Å². The molecule has 0 bridgehead atoms. The van der Waals surface area contributed by atoms with Gasteiger partial charge in [0, 0.05) is 4.47 Å². The van der Waals surface area contributed by atoms with E-state index in [9.17, 15) is 0 Å². The lowest BCUT2D eigenvalue weighted by Crippen LogP contribution is -1.75. The molecule has 2 aromatic carbocycles. The molecule has 1 heteroatoms. The molecule has 0 N–H and O–H groups in total. The van der Waals surface area contributed by atoms with Gasteiger partial charge in [0.25, 0.3) is 0 Å². The van der Waals surface area contributed by atoms with Gasteiger partial charge in [-0.1, -0.05) is 58.3 Å². The first-order valence-electron chi connectivity index (χ1n) is 5.84. The summed E-state index contributed by atoms with van der Waals surface area (Å²) in [6.45, 7) is 0. The van der Waals surface area contributed by atoms with Crippen molar-refractivity contribution in [3.63, 3.8) is 0 Å². The van der Waals surface area contributed by atoms with Crippen LogP contribution in [0.15, 0.2) is 59.0 Å². The first kappa shape index (κ1) is 4.97. The Hall–Kier alpha value is -1.08. The van der Waals surface area contributed by atoms with Crippen LogP contribution in [-0.2, 0) is 0 Å². The summed E-state index contributed by atoms with van der Waals surface area (Å²) in [7, 11) is 0. The number of rotatable bonds is 1. The summed E-state index contributed by atoms with van der Waals surface area (Å²) in [6.07, 6.45) is 0. The van der Waals surface area contributed by atoms with Crippen molar-refractivity contribution in [3.05, 3.63) is 59.0 Å². The van der Waals surface area contributed by atoms with Crippen molar-refractivity contribution in [1.82, 2.24) is 0 Å². The van der Waals surface area contributed by atoms with Crippen molar-refractivity contribution in [2.75, 3.05) is 0 Å². The molecule has 0 unspecified atom stereocenters. The van der Waals surface area contributed by atoms with E-state index in [1.165, 1.54) is 6.07 Å². The zero-order valence-electron chi connectivity index (χ0n) is 10.8. The summed E-state index contributed by atoms with van der Waals surface area (Å²) in [6, 6.07) is 8.78. The second-order valence-corrected chi connectivity index (χ2v) is 3.41. The van der Waals surface area contributed by atoms with E-state index >= 15 is 0 Å². The summed E-state index contributed by atoms with van der Waals surface area (Å²) >= 11 is 3.15. The van der Waals surface area contributed by atoms with E-state index in [1.54, 1.807) is 24.3 Å². The molecule has 2 rings (SSSR count). The molecule has 0 aliphatic heterocycles. The third-order valence-corrected chi connectivity index (χ3v) is 2.07. The van der Waals surface area contributed by atoms with Crippen LogP contribution in [0.5, 0.6) is 0 Å². The summed E-state index contributed by atoms with van der Waals surface area (Å²) in [5.74, 6) is 0. The van der Waals surface area contributed by atoms with Crippen LogP contribution in [0.2, 0.25) is 0 Å². The number of hydrogen-bond donors (Lipinski definition) is 0. The molecule has 0 nitrogen and oxygen atoms in total. The predicted molar refractivity (Wildman–Crippen MR) is 59.6 cm³/mol. The van der Waals surface area contributed by atoms with Crippen molar-refractivity contribution >= 4 is 15.9 Å². The lowest BCUT2D eigenvalue weighted by Gasteiger charge is -2.00. The monoisotopic (exact) mass is 236 g/mol. The number of halogens is 1. The van der Waals surface area contributed by atoms with Crippen molar-refractivity contribution in [3.8, 4) is 11.1 Å². The second-order valence-electron chi connectivity index (χ2n) is 2.55. The molecule has 0 heterocycles. The Morgan fingerprint density at radius 3 is 2.69 bits per heavy atom. The van der Waals surface area contributed by atoms with Crippen LogP contribution in [0.1, 0.15) is 5.48 Å². The average molecular weight is 237 g/mol. The maximum absolute atomic E-state index is 7.89. The smallest absolute Gasteiger partial charge is 0.0622 e. The van der Waals surface area contributed by atoms with Gasteiger partial charge in [-0.15, -0.1) is 0 Å². The van der Waals surface area contributed by atoms with Gasteiger partial charge >= 0.3 is 0 Å². The minimum Gasteiger partial charge on any atom is -0.0622 e. The quantitative estimate of drug-likeness (QED) is 0.699. The predicted octanol–water partition coefficient (Wildman–Crippen LogP) is 4.12. The summed E-state index contributed by atoms with van der Waals surface area (Å²) in [5.41, 5.74) is 1.03. The maximum atomic E-state index is 7.89. The van der Waals surface area contributed by atoms with E-state index in [4.69, 9.17) is 5.48 Å². The lowest BCUT2D eigenvalue weighted by atomic mass is 10.1. The van der Waals surface area contributed by atoms with Gasteiger partial charge in [-0.05, 0) is 23.2 Å². The van der Waals surface area contributed by atoms with E-state index in [1.807, 2.05) is 0 Å². The van der Waals surface area contributed by atoms with Crippen LogP contribution in [0.3, 0.4) is 0 Å².